The number of nitrogen functional groups attached to an aromatic ring is 1. The van der Waals surface area contributed by atoms with E-state index in [9.17, 15) is 53.7 Å². The van der Waals surface area contributed by atoms with Crippen LogP contribution in [0, 0.1) is 12.8 Å². The molecule has 312 valence electrons. The summed E-state index contributed by atoms with van der Waals surface area (Å²) < 4.78 is 0. The van der Waals surface area contributed by atoms with E-state index in [2.05, 4.69) is 41.2 Å². The number of unbranched alkanes of at least 4 members (excludes halogenated alkanes) is 1. The fourth-order valence-electron chi connectivity index (χ4n) is 5.79. The number of carboxylic acids is 3. The molecule has 0 radical (unpaired) electrons. The van der Waals surface area contributed by atoms with E-state index < -0.39 is 65.5 Å². The molecule has 20 nitrogen and oxygen atoms in total. The van der Waals surface area contributed by atoms with Gasteiger partial charge in [0.05, 0.1) is 24.4 Å². The van der Waals surface area contributed by atoms with Crippen LogP contribution in [0.4, 0.5) is 11.6 Å². The zero-order chi connectivity index (χ0) is 43.1. The van der Waals surface area contributed by atoms with Crippen molar-refractivity contribution in [2.24, 2.45) is 5.92 Å². The maximum Gasteiger partial charge on any atom is 0.326 e. The Bertz CT molecular complexity index is 2230. The normalized spacial score (nSPS) is 12.4. The number of carbonyl (C=O) groups excluding carboxylic acids is 4. The highest BCUT2D eigenvalue weighted by atomic mass is 16.4. The average Bonchev–Trinajstić information content (AvgIpc) is 3.19. The van der Waals surface area contributed by atoms with E-state index in [4.69, 9.17) is 5.73 Å². The van der Waals surface area contributed by atoms with Crippen LogP contribution in [0.1, 0.15) is 83.3 Å². The van der Waals surface area contributed by atoms with Gasteiger partial charge in [-0.3, -0.25) is 33.8 Å². The largest absolute Gasteiger partial charge is 0.481 e. The second kappa shape index (κ2) is 21.3. The minimum Gasteiger partial charge on any atom is -0.481 e. The van der Waals surface area contributed by atoms with Gasteiger partial charge < -0.3 is 42.3 Å². The first-order chi connectivity index (χ1) is 28.1. The quantitative estimate of drug-likeness (QED) is 0.0482. The summed E-state index contributed by atoms with van der Waals surface area (Å²) in [4.78, 5) is 113. The maximum absolute atomic E-state index is 12.9. The number of carbonyl (C=O) groups is 7. The van der Waals surface area contributed by atoms with Crippen molar-refractivity contribution in [2.45, 2.75) is 76.9 Å². The van der Waals surface area contributed by atoms with Gasteiger partial charge in [0.2, 0.25) is 11.9 Å². The fourth-order valence-corrected chi connectivity index (χ4v) is 5.79. The average molecular weight is 816 g/mol. The van der Waals surface area contributed by atoms with E-state index in [0.717, 1.165) is 5.56 Å². The zero-order valence-corrected chi connectivity index (χ0v) is 32.0. The monoisotopic (exact) mass is 815 g/mol. The zero-order valence-electron chi connectivity index (χ0n) is 32.0. The summed E-state index contributed by atoms with van der Waals surface area (Å²) in [5, 5.41) is 39.5. The number of nitrogens with one attached hydrogen (secondary N) is 5. The molecule has 0 aliphatic carbocycles. The molecule has 20 heteroatoms. The number of fused-ring (bicyclic) bond motifs is 1. The van der Waals surface area contributed by atoms with E-state index >= 15 is 0 Å². The van der Waals surface area contributed by atoms with Crippen molar-refractivity contribution in [1.82, 2.24) is 35.9 Å². The molecule has 0 unspecified atom stereocenters. The molecule has 4 rings (SSSR count). The summed E-state index contributed by atoms with van der Waals surface area (Å²) in [6, 6.07) is 10.3. The van der Waals surface area contributed by atoms with Gasteiger partial charge in [-0.2, -0.15) is 4.98 Å². The number of carboxylic acid groups (broad SMARTS) is 3. The third kappa shape index (κ3) is 14.0. The molecule has 10 N–H and O–H groups in total. The Labute approximate surface area is 336 Å². The molecule has 0 aliphatic rings. The fraction of sp³-hybridized carbons (Fsp3) is 0.359. The molecule has 3 atom stereocenters. The van der Waals surface area contributed by atoms with Crippen LogP contribution in [0.25, 0.3) is 11.2 Å². The number of aryl methyl sites for hydroxylation is 1. The highest BCUT2D eigenvalue weighted by Gasteiger charge is 2.27. The summed E-state index contributed by atoms with van der Waals surface area (Å²) in [5.41, 5.74) is 7.69. The number of Topliss-reactive ketones (excluding diaryl/α,β-unsaturated/α-hetero) is 1. The molecular weight excluding hydrogens is 770 g/mol. The van der Waals surface area contributed by atoms with Crippen molar-refractivity contribution in [1.29, 1.82) is 0 Å². The van der Waals surface area contributed by atoms with Crippen molar-refractivity contribution in [2.75, 3.05) is 17.6 Å². The smallest absolute Gasteiger partial charge is 0.326 e. The number of anilines is 2. The van der Waals surface area contributed by atoms with Gasteiger partial charge in [0.25, 0.3) is 17.4 Å². The number of rotatable bonds is 23. The lowest BCUT2D eigenvalue weighted by Crippen LogP contribution is -2.41. The predicted molar refractivity (Wildman–Crippen MR) is 211 cm³/mol. The number of aromatic amines is 1. The number of H-pyrrole nitrogens is 1. The first-order valence-corrected chi connectivity index (χ1v) is 18.6. The highest BCUT2D eigenvalue weighted by Crippen LogP contribution is 2.17. The molecule has 3 amide bonds. The van der Waals surface area contributed by atoms with E-state index in [1.807, 2.05) is 19.1 Å². The Morgan fingerprint density at radius 1 is 0.763 bits per heavy atom. The third-order valence-electron chi connectivity index (χ3n) is 9.12. The Morgan fingerprint density at radius 3 is 2.07 bits per heavy atom. The van der Waals surface area contributed by atoms with Gasteiger partial charge in [0, 0.05) is 42.6 Å². The van der Waals surface area contributed by atoms with Crippen molar-refractivity contribution in [3.8, 4) is 0 Å². The van der Waals surface area contributed by atoms with Crippen LogP contribution < -0.4 is 32.6 Å². The van der Waals surface area contributed by atoms with Crippen molar-refractivity contribution in [3.05, 3.63) is 87.5 Å². The van der Waals surface area contributed by atoms with Crippen LogP contribution in [0.15, 0.2) is 59.5 Å². The topological polar surface area (TPSA) is 326 Å². The van der Waals surface area contributed by atoms with Gasteiger partial charge in [-0.15, -0.1) is 0 Å². The van der Waals surface area contributed by atoms with Gasteiger partial charge in [-0.25, -0.2) is 19.6 Å². The van der Waals surface area contributed by atoms with Gasteiger partial charge >= 0.3 is 17.9 Å². The standard InChI is InChI=1S/C39H45N9O11/c1-21-5-7-22(8-6-21)33(51)41-17-3-2-4-28(37(56)57)45-30(50)16-11-24(36(54)55)18-27(49)14-15-29(38(58)59)46-34(52)23-9-12-25(13-10-23)42-19-26-20-43-32-31(44-26)35(53)48-39(40)47-32/h5-10,12-13,20,24,28-29,42H,2-4,11,14-19H2,1H3,(H,41,51)(H,45,50)(H,46,52)(H,54,55)(H,56,57)(H,58,59)(H3,40,43,47,48,53)/t24-,28+,29+/m1/s1. The number of nitrogens with two attached hydrogens (primary N) is 1. The highest BCUT2D eigenvalue weighted by molar-refractivity contribution is 5.97. The number of hydrogen-bond acceptors (Lipinski definition) is 13. The molecule has 4 aromatic rings. The van der Waals surface area contributed by atoms with E-state index in [1.54, 1.807) is 24.3 Å². The first-order valence-electron chi connectivity index (χ1n) is 18.6. The molecule has 0 spiro atoms. The van der Waals surface area contributed by atoms with Crippen LogP contribution >= 0.6 is 0 Å². The number of hydrogen-bond donors (Lipinski definition) is 9. The second-order valence-corrected chi connectivity index (χ2v) is 13.7. The molecular formula is C39H45N9O11. The molecule has 0 saturated carbocycles. The molecule has 2 aromatic carbocycles. The summed E-state index contributed by atoms with van der Waals surface area (Å²) in [7, 11) is 0. The number of aliphatic carboxylic acids is 3. The SMILES string of the molecule is Cc1ccc(C(=O)NCCCC[C@H](NC(=O)CC[C@H](CC(=O)CC[C@H](NC(=O)c2ccc(NCc3cnc4nc(N)[nH]c(=O)c4n3)cc2)C(=O)O)C(=O)O)C(=O)O)cc1. The van der Waals surface area contributed by atoms with Gasteiger partial charge in [-0.1, -0.05) is 17.7 Å². The lowest BCUT2D eigenvalue weighted by Gasteiger charge is -2.17. The lowest BCUT2D eigenvalue weighted by atomic mass is 9.94. The van der Waals surface area contributed by atoms with Gasteiger partial charge in [0.15, 0.2) is 11.2 Å². The Hall–Kier alpha value is -7.25. The number of aromatic nitrogens is 4. The van der Waals surface area contributed by atoms with Crippen LogP contribution in [0.2, 0.25) is 0 Å². The molecule has 2 heterocycles. The minimum absolute atomic E-state index is 0.0116. The summed E-state index contributed by atoms with van der Waals surface area (Å²) in [5.74, 6) is -7.77. The van der Waals surface area contributed by atoms with Crippen LogP contribution in [0.3, 0.4) is 0 Å². The lowest BCUT2D eigenvalue weighted by molar-refractivity contribution is -0.145. The molecule has 0 saturated heterocycles. The van der Waals surface area contributed by atoms with Crippen LogP contribution in [-0.4, -0.2) is 95.3 Å². The first kappa shape index (κ1) is 44.5. The molecule has 59 heavy (non-hydrogen) atoms. The summed E-state index contributed by atoms with van der Waals surface area (Å²) in [6.07, 6.45) is 0.412. The number of ketones is 1. The molecule has 2 aromatic heterocycles. The maximum atomic E-state index is 12.9. The molecule has 0 bridgehead atoms. The van der Waals surface area contributed by atoms with Gasteiger partial charge in [0.1, 0.15) is 17.9 Å². The molecule has 0 fully saturated rings. The summed E-state index contributed by atoms with van der Waals surface area (Å²) >= 11 is 0. The van der Waals surface area contributed by atoms with Crippen molar-refractivity contribution >= 4 is 64.2 Å². The Kier molecular flexibility index (Phi) is 16.1. The van der Waals surface area contributed by atoms with E-state index in [1.165, 1.54) is 18.3 Å². The number of benzene rings is 2. The van der Waals surface area contributed by atoms with Crippen molar-refractivity contribution < 1.29 is 48.9 Å². The van der Waals surface area contributed by atoms with Crippen LogP contribution in [-0.2, 0) is 30.5 Å². The number of nitrogens with zero attached hydrogens (tertiary/aromatic N) is 3. The van der Waals surface area contributed by atoms with E-state index in [0.29, 0.717) is 36.3 Å². The Morgan fingerprint density at radius 2 is 1.41 bits per heavy atom. The third-order valence-corrected chi connectivity index (χ3v) is 9.12. The number of amides is 3. The van der Waals surface area contributed by atoms with E-state index in [-0.39, 0.29) is 67.2 Å². The predicted octanol–water partition coefficient (Wildman–Crippen LogP) is 1.79. The van der Waals surface area contributed by atoms with Gasteiger partial charge in [-0.05, 0) is 75.4 Å². The molecule has 0 aliphatic heterocycles. The summed E-state index contributed by atoms with van der Waals surface area (Å²) in [6.45, 7) is 2.35. The van der Waals surface area contributed by atoms with Crippen molar-refractivity contribution in [3.63, 3.8) is 0 Å². The second-order valence-electron chi connectivity index (χ2n) is 13.7. The Balaban J connectivity index is 1.18. The van der Waals surface area contributed by atoms with Crippen LogP contribution in [0.5, 0.6) is 0 Å². The minimum atomic E-state index is -1.48.